The molecule has 2 fully saturated rings. The summed E-state index contributed by atoms with van der Waals surface area (Å²) in [7, 11) is 0. The van der Waals surface area contributed by atoms with Gasteiger partial charge in [0.25, 0.3) is 5.91 Å². The van der Waals surface area contributed by atoms with Gasteiger partial charge in [0.15, 0.2) is 5.13 Å². The van der Waals surface area contributed by atoms with Crippen molar-refractivity contribution in [3.63, 3.8) is 0 Å². The SMILES string of the molecule is Nc1nc2ccc(C(=O)N3CCN4CCCC4C3)cc2s1. The standard InChI is InChI=1S/C15H18N4OS/c16-15-17-12-4-3-10(8-13(12)21-15)14(20)19-7-6-18-5-1-2-11(18)9-19/h3-4,8,11H,1-2,5-7,9H2,(H2,16,17). The van der Waals surface area contributed by atoms with E-state index in [-0.39, 0.29) is 5.91 Å². The molecule has 0 radical (unpaired) electrons. The number of nitrogens with zero attached hydrogens (tertiary/aromatic N) is 3. The molecule has 6 heteroatoms. The maximum Gasteiger partial charge on any atom is 0.254 e. The molecule has 2 aliphatic heterocycles. The molecule has 2 saturated heterocycles. The first kappa shape index (κ1) is 13.0. The van der Waals surface area contributed by atoms with Crippen molar-refractivity contribution in [1.82, 2.24) is 14.8 Å². The van der Waals surface area contributed by atoms with E-state index < -0.39 is 0 Å². The summed E-state index contributed by atoms with van der Waals surface area (Å²) in [6.45, 7) is 3.89. The van der Waals surface area contributed by atoms with Crippen LogP contribution in [-0.2, 0) is 0 Å². The lowest BCUT2D eigenvalue weighted by Crippen LogP contribution is -2.52. The molecule has 1 unspecified atom stereocenters. The van der Waals surface area contributed by atoms with Crippen molar-refractivity contribution in [3.05, 3.63) is 23.8 Å². The van der Waals surface area contributed by atoms with Crippen LogP contribution in [0.3, 0.4) is 0 Å². The van der Waals surface area contributed by atoms with E-state index in [0.717, 1.165) is 35.4 Å². The Hall–Kier alpha value is -1.66. The highest BCUT2D eigenvalue weighted by Crippen LogP contribution is 2.26. The number of hydrogen-bond donors (Lipinski definition) is 1. The van der Waals surface area contributed by atoms with Gasteiger partial charge in [0.1, 0.15) is 0 Å². The Labute approximate surface area is 127 Å². The number of anilines is 1. The molecule has 21 heavy (non-hydrogen) atoms. The van der Waals surface area contributed by atoms with Crippen LogP contribution in [0.1, 0.15) is 23.2 Å². The second-order valence-corrected chi connectivity index (χ2v) is 6.88. The van der Waals surface area contributed by atoms with Crippen molar-refractivity contribution in [2.75, 3.05) is 31.9 Å². The van der Waals surface area contributed by atoms with E-state index in [2.05, 4.69) is 9.88 Å². The zero-order chi connectivity index (χ0) is 14.4. The molecule has 0 saturated carbocycles. The molecule has 3 heterocycles. The lowest BCUT2D eigenvalue weighted by Gasteiger charge is -2.37. The molecule has 0 bridgehead atoms. The normalized spacial score (nSPS) is 22.7. The van der Waals surface area contributed by atoms with E-state index in [4.69, 9.17) is 5.73 Å². The van der Waals surface area contributed by atoms with Gasteiger partial charge in [-0.15, -0.1) is 0 Å². The molecular weight excluding hydrogens is 284 g/mol. The summed E-state index contributed by atoms with van der Waals surface area (Å²) in [5.74, 6) is 0.135. The molecule has 2 N–H and O–H groups in total. The van der Waals surface area contributed by atoms with Gasteiger partial charge < -0.3 is 10.6 Å². The number of thiazole rings is 1. The quantitative estimate of drug-likeness (QED) is 0.872. The maximum atomic E-state index is 12.7. The molecule has 110 valence electrons. The predicted molar refractivity (Wildman–Crippen MR) is 84.5 cm³/mol. The van der Waals surface area contributed by atoms with Crippen LogP contribution in [-0.4, -0.2) is 52.9 Å². The van der Waals surface area contributed by atoms with Gasteiger partial charge >= 0.3 is 0 Å². The number of fused-ring (bicyclic) bond motifs is 2. The van der Waals surface area contributed by atoms with Gasteiger partial charge in [0.05, 0.1) is 10.2 Å². The van der Waals surface area contributed by atoms with Crippen molar-refractivity contribution >= 4 is 32.6 Å². The lowest BCUT2D eigenvalue weighted by atomic mass is 10.1. The van der Waals surface area contributed by atoms with Crippen LogP contribution in [0.5, 0.6) is 0 Å². The topological polar surface area (TPSA) is 62.5 Å². The van der Waals surface area contributed by atoms with Crippen LogP contribution in [0.15, 0.2) is 18.2 Å². The smallest absolute Gasteiger partial charge is 0.254 e. The maximum absolute atomic E-state index is 12.7. The van der Waals surface area contributed by atoms with Crippen molar-refractivity contribution in [1.29, 1.82) is 0 Å². The first-order valence-corrected chi connectivity index (χ1v) is 8.22. The molecule has 1 amide bonds. The van der Waals surface area contributed by atoms with Gasteiger partial charge in [0.2, 0.25) is 0 Å². The minimum Gasteiger partial charge on any atom is -0.375 e. The minimum atomic E-state index is 0.135. The van der Waals surface area contributed by atoms with Crippen LogP contribution in [0.2, 0.25) is 0 Å². The number of hydrogen-bond acceptors (Lipinski definition) is 5. The van der Waals surface area contributed by atoms with Gasteiger partial charge in [-0.05, 0) is 37.6 Å². The second kappa shape index (κ2) is 4.96. The third-order valence-electron chi connectivity index (χ3n) is 4.53. The molecule has 0 spiro atoms. The number of benzene rings is 1. The lowest BCUT2D eigenvalue weighted by molar-refractivity contribution is 0.0571. The third kappa shape index (κ3) is 2.28. The number of piperazine rings is 1. The zero-order valence-corrected chi connectivity index (χ0v) is 12.6. The fourth-order valence-electron chi connectivity index (χ4n) is 3.43. The van der Waals surface area contributed by atoms with Crippen LogP contribution in [0, 0.1) is 0 Å². The van der Waals surface area contributed by atoms with E-state index in [1.807, 2.05) is 23.1 Å². The predicted octanol–water partition coefficient (Wildman–Crippen LogP) is 1.80. The van der Waals surface area contributed by atoms with Gasteiger partial charge in [-0.3, -0.25) is 9.69 Å². The summed E-state index contributed by atoms with van der Waals surface area (Å²) in [6.07, 6.45) is 2.48. The Morgan fingerprint density at radius 3 is 3.14 bits per heavy atom. The summed E-state index contributed by atoms with van der Waals surface area (Å²) >= 11 is 1.43. The Morgan fingerprint density at radius 2 is 2.24 bits per heavy atom. The molecule has 4 rings (SSSR count). The number of rotatable bonds is 1. The second-order valence-electron chi connectivity index (χ2n) is 5.82. The highest BCUT2D eigenvalue weighted by Gasteiger charge is 2.32. The number of carbonyl (C=O) groups is 1. The molecular formula is C15H18N4OS. The zero-order valence-electron chi connectivity index (χ0n) is 11.8. The average molecular weight is 302 g/mol. The number of nitrogen functional groups attached to an aromatic ring is 1. The Morgan fingerprint density at radius 1 is 1.33 bits per heavy atom. The average Bonchev–Trinajstić information content (AvgIpc) is 3.09. The molecule has 2 aromatic rings. The van der Waals surface area contributed by atoms with Crippen LogP contribution >= 0.6 is 11.3 Å². The van der Waals surface area contributed by atoms with Crippen molar-refractivity contribution in [3.8, 4) is 0 Å². The van der Waals surface area contributed by atoms with E-state index in [1.165, 1.54) is 30.7 Å². The molecule has 0 aliphatic carbocycles. The third-order valence-corrected chi connectivity index (χ3v) is 5.37. The van der Waals surface area contributed by atoms with Crippen molar-refractivity contribution < 1.29 is 4.79 Å². The molecule has 5 nitrogen and oxygen atoms in total. The fourth-order valence-corrected chi connectivity index (χ4v) is 4.21. The summed E-state index contributed by atoms with van der Waals surface area (Å²) in [5.41, 5.74) is 7.34. The number of amides is 1. The molecule has 1 aromatic carbocycles. The fraction of sp³-hybridized carbons (Fsp3) is 0.467. The monoisotopic (exact) mass is 302 g/mol. The number of nitrogens with two attached hydrogens (primary N) is 1. The number of carbonyl (C=O) groups excluding carboxylic acids is 1. The minimum absolute atomic E-state index is 0.135. The largest absolute Gasteiger partial charge is 0.375 e. The highest BCUT2D eigenvalue weighted by molar-refractivity contribution is 7.22. The summed E-state index contributed by atoms with van der Waals surface area (Å²) in [6, 6.07) is 6.24. The number of aromatic nitrogens is 1. The van der Waals surface area contributed by atoms with E-state index in [0.29, 0.717) is 11.2 Å². The van der Waals surface area contributed by atoms with E-state index in [9.17, 15) is 4.79 Å². The van der Waals surface area contributed by atoms with Crippen LogP contribution in [0.25, 0.3) is 10.2 Å². The van der Waals surface area contributed by atoms with Gasteiger partial charge in [-0.2, -0.15) is 0 Å². The van der Waals surface area contributed by atoms with Gasteiger partial charge in [-0.1, -0.05) is 11.3 Å². The Balaban J connectivity index is 1.57. The molecule has 1 atom stereocenters. The van der Waals surface area contributed by atoms with Crippen LogP contribution < -0.4 is 5.73 Å². The van der Waals surface area contributed by atoms with Crippen molar-refractivity contribution in [2.45, 2.75) is 18.9 Å². The Bertz CT molecular complexity index is 698. The highest BCUT2D eigenvalue weighted by atomic mass is 32.1. The summed E-state index contributed by atoms with van der Waals surface area (Å²) in [4.78, 5) is 21.4. The first-order chi connectivity index (χ1) is 10.2. The molecule has 1 aromatic heterocycles. The summed E-state index contributed by atoms with van der Waals surface area (Å²) in [5, 5.41) is 0.550. The van der Waals surface area contributed by atoms with Gasteiger partial charge in [-0.25, -0.2) is 4.98 Å². The summed E-state index contributed by atoms with van der Waals surface area (Å²) < 4.78 is 0.984. The van der Waals surface area contributed by atoms with E-state index >= 15 is 0 Å². The van der Waals surface area contributed by atoms with E-state index in [1.54, 1.807) is 0 Å². The Kier molecular flexibility index (Phi) is 3.08. The van der Waals surface area contributed by atoms with Crippen molar-refractivity contribution in [2.24, 2.45) is 0 Å². The first-order valence-electron chi connectivity index (χ1n) is 7.40. The van der Waals surface area contributed by atoms with Crippen LogP contribution in [0.4, 0.5) is 5.13 Å². The van der Waals surface area contributed by atoms with Gasteiger partial charge in [0, 0.05) is 31.2 Å². The molecule has 2 aliphatic rings.